The minimum absolute atomic E-state index is 0.0575. The number of amides is 1. The predicted molar refractivity (Wildman–Crippen MR) is 93.2 cm³/mol. The minimum Gasteiger partial charge on any atom is -0.493 e. The van der Waals surface area contributed by atoms with E-state index in [2.05, 4.69) is 4.74 Å². The van der Waals surface area contributed by atoms with Crippen LogP contribution in [0.1, 0.15) is 11.1 Å². The number of nitrogens with zero attached hydrogens (tertiary/aromatic N) is 1. The Morgan fingerprint density at radius 3 is 2.56 bits per heavy atom. The number of alkyl halides is 2. The summed E-state index contributed by atoms with van der Waals surface area (Å²) in [7, 11) is 3.04. The van der Waals surface area contributed by atoms with Crippen LogP contribution in [-0.2, 0) is 4.79 Å². The number of halogens is 2. The number of likely N-dealkylation sites (N-methyl/N-ethyl adjacent to an activating group) is 1. The number of benzene rings is 2. The van der Waals surface area contributed by atoms with Gasteiger partial charge in [-0.2, -0.15) is 8.78 Å². The number of anilines is 1. The average Bonchev–Trinajstić information content (AvgIpc) is 2.59. The number of rotatable bonds is 6. The van der Waals surface area contributed by atoms with Crippen molar-refractivity contribution in [2.45, 2.75) is 13.5 Å². The van der Waals surface area contributed by atoms with E-state index in [1.165, 1.54) is 30.2 Å². The SMILES string of the molecule is COc1cc(/C=C/C(=O)N(C)c2cccc(C)c2)ccc1OC(F)F. The molecule has 0 heterocycles. The van der Waals surface area contributed by atoms with E-state index in [0.717, 1.165) is 11.3 Å². The highest BCUT2D eigenvalue weighted by Crippen LogP contribution is 2.29. The molecular formula is C19H19F2NO3. The maximum Gasteiger partial charge on any atom is 0.387 e. The summed E-state index contributed by atoms with van der Waals surface area (Å²) in [5.41, 5.74) is 2.47. The van der Waals surface area contributed by atoms with Gasteiger partial charge in [0.25, 0.3) is 5.91 Å². The van der Waals surface area contributed by atoms with Crippen LogP contribution in [0.15, 0.2) is 48.5 Å². The molecular weight excluding hydrogens is 328 g/mol. The Hall–Kier alpha value is -2.89. The highest BCUT2D eigenvalue weighted by atomic mass is 19.3. The molecule has 0 N–H and O–H groups in total. The maximum atomic E-state index is 12.3. The van der Waals surface area contributed by atoms with E-state index in [4.69, 9.17) is 4.74 Å². The van der Waals surface area contributed by atoms with Crippen LogP contribution in [0.25, 0.3) is 6.08 Å². The molecule has 0 aromatic heterocycles. The summed E-state index contributed by atoms with van der Waals surface area (Å²) in [5.74, 6) is -0.0998. The first-order valence-corrected chi connectivity index (χ1v) is 7.56. The van der Waals surface area contributed by atoms with E-state index in [9.17, 15) is 13.6 Å². The van der Waals surface area contributed by atoms with E-state index in [-0.39, 0.29) is 17.4 Å². The number of hydrogen-bond donors (Lipinski definition) is 0. The van der Waals surface area contributed by atoms with Gasteiger partial charge in [0.1, 0.15) is 0 Å². The lowest BCUT2D eigenvalue weighted by Gasteiger charge is -2.15. The molecule has 0 fully saturated rings. The predicted octanol–water partition coefficient (Wildman–Crippen LogP) is 4.28. The Bertz CT molecular complexity index is 775. The van der Waals surface area contributed by atoms with Crippen LogP contribution < -0.4 is 14.4 Å². The van der Waals surface area contributed by atoms with Crippen molar-refractivity contribution >= 4 is 17.7 Å². The lowest BCUT2D eigenvalue weighted by atomic mass is 10.1. The second-order valence-corrected chi connectivity index (χ2v) is 5.36. The Morgan fingerprint density at radius 1 is 1.16 bits per heavy atom. The molecule has 0 aliphatic carbocycles. The summed E-state index contributed by atoms with van der Waals surface area (Å²) in [6.45, 7) is -0.979. The monoisotopic (exact) mass is 347 g/mol. The van der Waals surface area contributed by atoms with Gasteiger partial charge < -0.3 is 14.4 Å². The average molecular weight is 347 g/mol. The highest BCUT2D eigenvalue weighted by molar-refractivity contribution is 6.03. The number of carbonyl (C=O) groups excluding carboxylic acids is 1. The molecule has 1 amide bonds. The van der Waals surface area contributed by atoms with Gasteiger partial charge in [0, 0.05) is 18.8 Å². The Kier molecular flexibility index (Phi) is 6.11. The van der Waals surface area contributed by atoms with Crippen LogP contribution in [0, 0.1) is 6.92 Å². The summed E-state index contributed by atoms with van der Waals surface area (Å²) in [6, 6.07) is 12.0. The van der Waals surface area contributed by atoms with E-state index in [1.54, 1.807) is 19.2 Å². The Labute approximate surface area is 145 Å². The Morgan fingerprint density at radius 2 is 1.92 bits per heavy atom. The van der Waals surface area contributed by atoms with Crippen molar-refractivity contribution in [3.63, 3.8) is 0 Å². The molecule has 132 valence electrons. The van der Waals surface area contributed by atoms with E-state index in [0.29, 0.717) is 5.56 Å². The first-order valence-electron chi connectivity index (χ1n) is 7.56. The lowest BCUT2D eigenvalue weighted by molar-refractivity contribution is -0.113. The molecule has 6 heteroatoms. The molecule has 0 spiro atoms. The van der Waals surface area contributed by atoms with Gasteiger partial charge in [-0.3, -0.25) is 4.79 Å². The molecule has 0 saturated carbocycles. The molecule has 2 rings (SSSR count). The molecule has 2 aromatic rings. The van der Waals surface area contributed by atoms with Gasteiger partial charge in [-0.25, -0.2) is 0 Å². The third kappa shape index (κ3) is 5.04. The van der Waals surface area contributed by atoms with Crippen molar-refractivity contribution in [2.24, 2.45) is 0 Å². The third-order valence-electron chi connectivity index (χ3n) is 3.54. The number of aryl methyl sites for hydroxylation is 1. The second kappa shape index (κ2) is 8.28. The fourth-order valence-electron chi connectivity index (χ4n) is 2.22. The standard InChI is InChI=1S/C19H19F2NO3/c1-13-5-4-6-15(11-13)22(2)18(23)10-8-14-7-9-16(25-19(20)21)17(12-14)24-3/h4-12,19H,1-3H3/b10-8+. The van der Waals surface area contributed by atoms with Crippen molar-refractivity contribution in [3.05, 3.63) is 59.7 Å². The number of hydrogen-bond acceptors (Lipinski definition) is 3. The molecule has 0 radical (unpaired) electrons. The summed E-state index contributed by atoms with van der Waals surface area (Å²) in [6.07, 6.45) is 2.99. The maximum absolute atomic E-state index is 12.3. The highest BCUT2D eigenvalue weighted by Gasteiger charge is 2.11. The zero-order chi connectivity index (χ0) is 18.4. The zero-order valence-electron chi connectivity index (χ0n) is 14.2. The van der Waals surface area contributed by atoms with E-state index < -0.39 is 6.61 Å². The first kappa shape index (κ1) is 18.4. The van der Waals surface area contributed by atoms with Gasteiger partial charge >= 0.3 is 6.61 Å². The molecule has 0 saturated heterocycles. The van der Waals surface area contributed by atoms with Crippen LogP contribution in [0.3, 0.4) is 0 Å². The van der Waals surface area contributed by atoms with Crippen LogP contribution in [0.2, 0.25) is 0 Å². The zero-order valence-corrected chi connectivity index (χ0v) is 14.2. The summed E-state index contributed by atoms with van der Waals surface area (Å²) in [5, 5.41) is 0. The molecule has 2 aromatic carbocycles. The summed E-state index contributed by atoms with van der Waals surface area (Å²) >= 11 is 0. The third-order valence-corrected chi connectivity index (χ3v) is 3.54. The molecule has 0 aliphatic rings. The summed E-state index contributed by atoms with van der Waals surface area (Å²) in [4.78, 5) is 13.8. The number of ether oxygens (including phenoxy) is 2. The summed E-state index contributed by atoms with van der Waals surface area (Å²) < 4.78 is 34.1. The molecule has 0 unspecified atom stereocenters. The topological polar surface area (TPSA) is 38.8 Å². The normalized spacial score (nSPS) is 11.0. The molecule has 0 atom stereocenters. The van der Waals surface area contributed by atoms with E-state index in [1.807, 2.05) is 31.2 Å². The minimum atomic E-state index is -2.93. The van der Waals surface area contributed by atoms with Crippen molar-refractivity contribution in [1.29, 1.82) is 0 Å². The molecule has 4 nitrogen and oxygen atoms in total. The van der Waals surface area contributed by atoms with Crippen molar-refractivity contribution in [1.82, 2.24) is 0 Å². The van der Waals surface area contributed by atoms with Gasteiger partial charge in [-0.15, -0.1) is 0 Å². The number of methoxy groups -OCH3 is 1. The van der Waals surface area contributed by atoms with Gasteiger partial charge in [0.05, 0.1) is 7.11 Å². The van der Waals surface area contributed by atoms with Crippen LogP contribution in [0.5, 0.6) is 11.5 Å². The largest absolute Gasteiger partial charge is 0.493 e. The fraction of sp³-hybridized carbons (Fsp3) is 0.211. The van der Waals surface area contributed by atoms with Crippen molar-refractivity contribution < 1.29 is 23.0 Å². The quantitative estimate of drug-likeness (QED) is 0.732. The van der Waals surface area contributed by atoms with Gasteiger partial charge in [0.2, 0.25) is 0 Å². The first-order chi connectivity index (χ1) is 11.9. The van der Waals surface area contributed by atoms with E-state index >= 15 is 0 Å². The Balaban J connectivity index is 2.14. The number of carbonyl (C=O) groups is 1. The smallest absolute Gasteiger partial charge is 0.387 e. The van der Waals surface area contributed by atoms with Gasteiger partial charge in [-0.05, 0) is 48.4 Å². The van der Waals surface area contributed by atoms with Crippen molar-refractivity contribution in [3.8, 4) is 11.5 Å². The molecule has 0 aliphatic heterocycles. The van der Waals surface area contributed by atoms with Crippen LogP contribution in [-0.4, -0.2) is 26.7 Å². The molecule has 25 heavy (non-hydrogen) atoms. The fourth-order valence-corrected chi connectivity index (χ4v) is 2.22. The van der Waals surface area contributed by atoms with Gasteiger partial charge in [-0.1, -0.05) is 18.2 Å². The van der Waals surface area contributed by atoms with Crippen molar-refractivity contribution in [2.75, 3.05) is 19.1 Å². The van der Waals surface area contributed by atoms with Gasteiger partial charge in [0.15, 0.2) is 11.5 Å². The second-order valence-electron chi connectivity index (χ2n) is 5.36. The molecule has 0 bridgehead atoms. The van der Waals surface area contributed by atoms with Crippen LogP contribution >= 0.6 is 0 Å². The lowest BCUT2D eigenvalue weighted by Crippen LogP contribution is -2.23. The van der Waals surface area contributed by atoms with Crippen LogP contribution in [0.4, 0.5) is 14.5 Å².